The first-order chi connectivity index (χ1) is 13.3. The van der Waals surface area contributed by atoms with Gasteiger partial charge in [-0.1, -0.05) is 63.3 Å². The predicted octanol–water partition coefficient (Wildman–Crippen LogP) is 5.36. The van der Waals surface area contributed by atoms with Crippen molar-refractivity contribution in [3.8, 4) is 0 Å². The minimum Gasteiger partial charge on any atom is -0.462 e. The van der Waals surface area contributed by atoms with Gasteiger partial charge < -0.3 is 10.1 Å². The van der Waals surface area contributed by atoms with E-state index in [4.69, 9.17) is 17.0 Å². The Balaban J connectivity index is 1.79. The van der Waals surface area contributed by atoms with Crippen LogP contribution >= 0.6 is 12.2 Å². The van der Waals surface area contributed by atoms with Crippen LogP contribution in [0.15, 0.2) is 42.5 Å². The van der Waals surface area contributed by atoms with Gasteiger partial charge in [-0.15, -0.1) is 0 Å². The molecule has 0 spiro atoms. The van der Waals surface area contributed by atoms with E-state index in [2.05, 4.69) is 51.2 Å². The van der Waals surface area contributed by atoms with E-state index in [1.165, 1.54) is 16.7 Å². The molecule has 4 heteroatoms. The summed E-state index contributed by atoms with van der Waals surface area (Å²) < 4.78 is 5.05. The van der Waals surface area contributed by atoms with Crippen molar-refractivity contribution in [2.75, 3.05) is 6.61 Å². The fourth-order valence-corrected chi connectivity index (χ4v) is 4.68. The number of esters is 1. The van der Waals surface area contributed by atoms with Gasteiger partial charge in [-0.25, -0.2) is 4.79 Å². The van der Waals surface area contributed by atoms with Gasteiger partial charge in [-0.05, 0) is 54.5 Å². The van der Waals surface area contributed by atoms with Crippen LogP contribution in [0.5, 0.6) is 0 Å². The first kappa shape index (κ1) is 20.5. The van der Waals surface area contributed by atoms with Crippen molar-refractivity contribution in [1.29, 1.82) is 0 Å². The summed E-state index contributed by atoms with van der Waals surface area (Å²) in [6.07, 6.45) is 0. The van der Waals surface area contributed by atoms with Crippen molar-refractivity contribution in [1.82, 2.24) is 5.32 Å². The second-order valence-corrected chi connectivity index (χ2v) is 8.22. The van der Waals surface area contributed by atoms with Crippen molar-refractivity contribution in [3.63, 3.8) is 0 Å². The van der Waals surface area contributed by atoms with Gasteiger partial charge in [0, 0.05) is 17.5 Å². The Kier molecular flexibility index (Phi) is 6.19. The molecule has 0 saturated carbocycles. The average Bonchev–Trinajstić information content (AvgIpc) is 2.69. The number of fused-ring (bicyclic) bond motifs is 1. The molecule has 0 bridgehead atoms. The first-order valence-corrected chi connectivity index (χ1v) is 10.4. The molecule has 3 nitrogen and oxygen atoms in total. The molecule has 0 aliphatic heterocycles. The SMILES string of the molecule is CCOC(=O)c1ccc(C(=S)NC2C(C)c3cccc(C)c3C(C)C2C)cc1. The van der Waals surface area contributed by atoms with E-state index < -0.39 is 0 Å². The molecule has 2 aromatic rings. The molecule has 1 aliphatic rings. The third-order valence-corrected chi connectivity index (χ3v) is 6.51. The molecule has 1 aliphatic carbocycles. The quantitative estimate of drug-likeness (QED) is 0.558. The van der Waals surface area contributed by atoms with Crippen LogP contribution in [0.25, 0.3) is 0 Å². The number of thiocarbonyl (C=S) groups is 1. The second-order valence-electron chi connectivity index (χ2n) is 7.81. The fourth-order valence-electron chi connectivity index (χ4n) is 4.41. The maximum absolute atomic E-state index is 11.8. The predicted molar refractivity (Wildman–Crippen MR) is 118 cm³/mol. The molecule has 4 atom stereocenters. The Morgan fingerprint density at radius 3 is 2.32 bits per heavy atom. The number of ether oxygens (including phenoxy) is 1. The van der Waals surface area contributed by atoms with Crippen molar-refractivity contribution in [2.24, 2.45) is 5.92 Å². The van der Waals surface area contributed by atoms with Gasteiger partial charge in [0.15, 0.2) is 0 Å². The van der Waals surface area contributed by atoms with Crippen molar-refractivity contribution < 1.29 is 9.53 Å². The number of rotatable bonds is 4. The lowest BCUT2D eigenvalue weighted by atomic mass is 9.68. The Labute approximate surface area is 173 Å². The minimum atomic E-state index is -0.303. The highest BCUT2D eigenvalue weighted by molar-refractivity contribution is 7.80. The van der Waals surface area contributed by atoms with E-state index in [0.717, 1.165) is 10.6 Å². The zero-order chi connectivity index (χ0) is 20.4. The molecular formula is C24H29NO2S. The number of hydrogen-bond acceptors (Lipinski definition) is 3. The largest absolute Gasteiger partial charge is 0.462 e. The average molecular weight is 396 g/mol. The van der Waals surface area contributed by atoms with E-state index in [9.17, 15) is 4.79 Å². The second kappa shape index (κ2) is 8.44. The van der Waals surface area contributed by atoms with Crippen molar-refractivity contribution in [3.05, 3.63) is 70.3 Å². The molecule has 2 aromatic carbocycles. The summed E-state index contributed by atoms with van der Waals surface area (Å²) in [4.78, 5) is 12.6. The topological polar surface area (TPSA) is 38.3 Å². The Morgan fingerprint density at radius 2 is 1.68 bits per heavy atom. The number of nitrogens with one attached hydrogen (secondary N) is 1. The Hall–Kier alpha value is -2.20. The van der Waals surface area contributed by atoms with Crippen LogP contribution in [-0.2, 0) is 4.74 Å². The van der Waals surface area contributed by atoms with Gasteiger partial charge in [0.05, 0.1) is 12.2 Å². The van der Waals surface area contributed by atoms with Crippen LogP contribution < -0.4 is 5.32 Å². The Morgan fingerprint density at radius 1 is 1.04 bits per heavy atom. The number of aryl methyl sites for hydroxylation is 1. The van der Waals surface area contributed by atoms with Crippen LogP contribution in [0.4, 0.5) is 0 Å². The maximum atomic E-state index is 11.8. The molecule has 28 heavy (non-hydrogen) atoms. The molecule has 0 aromatic heterocycles. The number of carbonyl (C=O) groups is 1. The summed E-state index contributed by atoms with van der Waals surface area (Å²) in [5.74, 6) is 1.00. The number of hydrogen-bond donors (Lipinski definition) is 1. The zero-order valence-corrected chi connectivity index (χ0v) is 18.1. The zero-order valence-electron chi connectivity index (χ0n) is 17.3. The molecule has 1 N–H and O–H groups in total. The summed E-state index contributed by atoms with van der Waals surface area (Å²) in [6, 6.07) is 14.2. The lowest BCUT2D eigenvalue weighted by Gasteiger charge is -2.42. The maximum Gasteiger partial charge on any atom is 0.338 e. The molecular weight excluding hydrogens is 366 g/mol. The van der Waals surface area contributed by atoms with Gasteiger partial charge in [-0.3, -0.25) is 0 Å². The van der Waals surface area contributed by atoms with Crippen molar-refractivity contribution in [2.45, 2.75) is 52.5 Å². The van der Waals surface area contributed by atoms with Crippen molar-refractivity contribution >= 4 is 23.2 Å². The summed E-state index contributed by atoms with van der Waals surface area (Å²) in [7, 11) is 0. The molecule has 0 saturated heterocycles. The highest BCUT2D eigenvalue weighted by Crippen LogP contribution is 2.43. The molecule has 148 valence electrons. The van der Waals surface area contributed by atoms with Crippen LogP contribution in [-0.4, -0.2) is 23.6 Å². The molecule has 0 fully saturated rings. The van der Waals surface area contributed by atoms with Gasteiger partial charge in [0.25, 0.3) is 0 Å². The highest BCUT2D eigenvalue weighted by atomic mass is 32.1. The van der Waals surface area contributed by atoms with E-state index in [0.29, 0.717) is 29.9 Å². The molecule has 0 amide bonds. The number of carbonyl (C=O) groups excluding carboxylic acids is 1. The normalized spacial score (nSPS) is 23.6. The monoisotopic (exact) mass is 395 g/mol. The third-order valence-electron chi connectivity index (χ3n) is 6.15. The van der Waals surface area contributed by atoms with E-state index in [1.54, 1.807) is 19.1 Å². The fraction of sp³-hybridized carbons (Fsp3) is 0.417. The third kappa shape index (κ3) is 3.83. The summed E-state index contributed by atoms with van der Waals surface area (Å²) in [5, 5.41) is 3.61. The Bertz CT molecular complexity index is 875. The smallest absolute Gasteiger partial charge is 0.338 e. The van der Waals surface area contributed by atoms with Gasteiger partial charge in [0.2, 0.25) is 0 Å². The van der Waals surface area contributed by atoms with Gasteiger partial charge in [-0.2, -0.15) is 0 Å². The summed E-state index contributed by atoms with van der Waals surface area (Å²) in [5.41, 5.74) is 5.75. The molecule has 4 unspecified atom stereocenters. The standard InChI is InChI=1S/C24H29NO2S/c1-6-27-24(26)19-12-10-18(11-13-19)23(28)25-22-16(4)15(3)21-14(2)8-7-9-20(21)17(22)5/h7-13,15-17,22H,6H2,1-5H3,(H,25,28). The number of benzene rings is 2. The molecule has 0 heterocycles. The van der Waals surface area contributed by atoms with Crippen LogP contribution in [0.3, 0.4) is 0 Å². The minimum absolute atomic E-state index is 0.265. The van der Waals surface area contributed by atoms with Crippen LogP contribution in [0, 0.1) is 12.8 Å². The highest BCUT2D eigenvalue weighted by Gasteiger charge is 2.37. The molecule has 3 rings (SSSR count). The van der Waals surface area contributed by atoms with E-state index in [-0.39, 0.29) is 12.0 Å². The summed E-state index contributed by atoms with van der Waals surface area (Å²) in [6.45, 7) is 11.3. The molecule has 0 radical (unpaired) electrons. The van der Waals surface area contributed by atoms with Gasteiger partial charge in [0.1, 0.15) is 4.99 Å². The lowest BCUT2D eigenvalue weighted by molar-refractivity contribution is 0.0526. The van der Waals surface area contributed by atoms with E-state index in [1.807, 2.05) is 12.1 Å². The van der Waals surface area contributed by atoms with Crippen LogP contribution in [0.2, 0.25) is 0 Å². The first-order valence-electron chi connectivity index (χ1n) is 10.0. The van der Waals surface area contributed by atoms with Crippen LogP contribution in [0.1, 0.15) is 72.1 Å². The summed E-state index contributed by atoms with van der Waals surface area (Å²) >= 11 is 5.70. The van der Waals surface area contributed by atoms with E-state index >= 15 is 0 Å². The lowest BCUT2D eigenvalue weighted by Crippen LogP contribution is -2.46. The van der Waals surface area contributed by atoms with Gasteiger partial charge >= 0.3 is 5.97 Å².